The van der Waals surface area contributed by atoms with Crippen LogP contribution in [0.15, 0.2) is 36.7 Å². The third kappa shape index (κ3) is 4.49. The Balaban J connectivity index is 1.73. The van der Waals surface area contributed by atoms with Crippen molar-refractivity contribution >= 4 is 5.91 Å². The van der Waals surface area contributed by atoms with Crippen LogP contribution in [0.1, 0.15) is 37.1 Å². The predicted octanol–water partition coefficient (Wildman–Crippen LogP) is 3.24. The summed E-state index contributed by atoms with van der Waals surface area (Å²) >= 11 is 0. The maximum absolute atomic E-state index is 14.0. The first-order valence-electron chi connectivity index (χ1n) is 9.20. The van der Waals surface area contributed by atoms with Gasteiger partial charge in [-0.2, -0.15) is 0 Å². The molecular weight excluding hydrogens is 333 g/mol. The third-order valence-corrected chi connectivity index (χ3v) is 5.01. The molecule has 1 aliphatic rings. The fraction of sp³-hybridized carbons (Fsp3) is 0.500. The summed E-state index contributed by atoms with van der Waals surface area (Å²) in [5.41, 5.74) is 0.609. The van der Waals surface area contributed by atoms with E-state index in [9.17, 15) is 9.18 Å². The summed E-state index contributed by atoms with van der Waals surface area (Å²) in [7, 11) is 1.64. The zero-order valence-corrected chi connectivity index (χ0v) is 15.2. The number of amides is 1. The molecule has 0 N–H and O–H groups in total. The number of imidazole rings is 1. The van der Waals surface area contributed by atoms with E-state index in [4.69, 9.17) is 4.74 Å². The van der Waals surface area contributed by atoms with Crippen LogP contribution in [-0.2, 0) is 22.6 Å². The van der Waals surface area contributed by atoms with Gasteiger partial charge in [-0.1, -0.05) is 31.0 Å². The van der Waals surface area contributed by atoms with Crippen molar-refractivity contribution < 1.29 is 13.9 Å². The van der Waals surface area contributed by atoms with Crippen LogP contribution < -0.4 is 0 Å². The monoisotopic (exact) mass is 359 g/mol. The second-order valence-electron chi connectivity index (χ2n) is 6.80. The van der Waals surface area contributed by atoms with Gasteiger partial charge >= 0.3 is 0 Å². The average molecular weight is 359 g/mol. The van der Waals surface area contributed by atoms with Crippen molar-refractivity contribution in [2.45, 2.75) is 38.8 Å². The molecule has 2 aromatic rings. The van der Waals surface area contributed by atoms with Crippen molar-refractivity contribution in [1.29, 1.82) is 0 Å². The van der Waals surface area contributed by atoms with Crippen molar-refractivity contribution in [2.75, 3.05) is 20.3 Å². The topological polar surface area (TPSA) is 47.4 Å². The quantitative estimate of drug-likeness (QED) is 0.727. The van der Waals surface area contributed by atoms with Crippen molar-refractivity contribution in [3.63, 3.8) is 0 Å². The number of ether oxygens (including phenoxy) is 1. The van der Waals surface area contributed by atoms with E-state index in [0.717, 1.165) is 31.5 Å². The normalized spacial score (nSPS) is 14.7. The van der Waals surface area contributed by atoms with Gasteiger partial charge in [-0.3, -0.25) is 4.79 Å². The van der Waals surface area contributed by atoms with Gasteiger partial charge in [-0.15, -0.1) is 0 Å². The molecule has 1 aromatic heterocycles. The summed E-state index contributed by atoms with van der Waals surface area (Å²) in [6.45, 7) is 1.85. The summed E-state index contributed by atoms with van der Waals surface area (Å²) in [5.74, 6) is 0.822. The number of hydrogen-bond acceptors (Lipinski definition) is 3. The number of hydrogen-bond donors (Lipinski definition) is 0. The van der Waals surface area contributed by atoms with Crippen molar-refractivity contribution in [3.8, 4) is 0 Å². The molecule has 0 saturated heterocycles. The molecule has 0 atom stereocenters. The molecule has 5 nitrogen and oxygen atoms in total. The zero-order valence-electron chi connectivity index (χ0n) is 15.2. The summed E-state index contributed by atoms with van der Waals surface area (Å²) < 4.78 is 21.0. The van der Waals surface area contributed by atoms with E-state index >= 15 is 0 Å². The highest BCUT2D eigenvalue weighted by Crippen LogP contribution is 2.27. The molecule has 0 spiro atoms. The Morgan fingerprint density at radius 1 is 1.35 bits per heavy atom. The number of aromatic nitrogens is 2. The molecule has 1 aliphatic carbocycles. The second-order valence-corrected chi connectivity index (χ2v) is 6.80. The maximum Gasteiger partial charge on any atom is 0.226 e. The summed E-state index contributed by atoms with van der Waals surface area (Å²) in [5, 5.41) is 0. The van der Waals surface area contributed by atoms with Gasteiger partial charge in [0.05, 0.1) is 19.7 Å². The van der Waals surface area contributed by atoms with Crippen LogP contribution in [0.4, 0.5) is 4.39 Å². The van der Waals surface area contributed by atoms with Gasteiger partial charge in [0.25, 0.3) is 0 Å². The fourth-order valence-electron chi connectivity index (χ4n) is 3.52. The van der Waals surface area contributed by atoms with E-state index in [2.05, 4.69) is 4.98 Å². The number of carbonyl (C=O) groups excluding carboxylic acids is 1. The van der Waals surface area contributed by atoms with Gasteiger partial charge in [-0.25, -0.2) is 9.37 Å². The lowest BCUT2D eigenvalue weighted by molar-refractivity contribution is -0.136. The van der Waals surface area contributed by atoms with Crippen LogP contribution in [0, 0.1) is 11.7 Å². The van der Waals surface area contributed by atoms with Crippen LogP contribution in [0.3, 0.4) is 0 Å². The molecule has 1 amide bonds. The molecule has 0 aliphatic heterocycles. The van der Waals surface area contributed by atoms with Crippen LogP contribution >= 0.6 is 0 Å². The van der Waals surface area contributed by atoms with Gasteiger partial charge < -0.3 is 14.2 Å². The highest BCUT2D eigenvalue weighted by atomic mass is 19.1. The first-order chi connectivity index (χ1) is 12.7. The SMILES string of the molecule is COCCN(Cc1nccn1Cc1ccccc1F)C(=O)C1CCCC1. The van der Waals surface area contributed by atoms with Crippen molar-refractivity contribution in [1.82, 2.24) is 14.5 Å². The standard InChI is InChI=1S/C20H26FN3O2/c1-26-13-12-24(20(25)16-6-2-3-7-16)15-19-22-10-11-23(19)14-17-8-4-5-9-18(17)21/h4-5,8-11,16H,2-3,6-7,12-15H2,1H3. The van der Waals surface area contributed by atoms with Crippen LogP contribution in [-0.4, -0.2) is 40.6 Å². The Hall–Kier alpha value is -2.21. The Labute approximate surface area is 153 Å². The molecule has 1 fully saturated rings. The average Bonchev–Trinajstić information content (AvgIpc) is 3.32. The van der Waals surface area contributed by atoms with E-state index in [1.54, 1.807) is 25.4 Å². The highest BCUT2D eigenvalue weighted by Gasteiger charge is 2.28. The number of rotatable bonds is 8. The molecule has 0 unspecified atom stereocenters. The third-order valence-electron chi connectivity index (χ3n) is 5.01. The Morgan fingerprint density at radius 3 is 2.85 bits per heavy atom. The molecule has 140 valence electrons. The van der Waals surface area contributed by atoms with Crippen LogP contribution in [0.5, 0.6) is 0 Å². The van der Waals surface area contributed by atoms with Gasteiger partial charge in [0.1, 0.15) is 11.6 Å². The highest BCUT2D eigenvalue weighted by molar-refractivity contribution is 5.79. The minimum absolute atomic E-state index is 0.113. The summed E-state index contributed by atoms with van der Waals surface area (Å²) in [4.78, 5) is 19.1. The molecule has 1 heterocycles. The number of benzene rings is 1. The van der Waals surface area contributed by atoms with E-state index < -0.39 is 0 Å². The van der Waals surface area contributed by atoms with Crippen molar-refractivity contribution in [2.24, 2.45) is 5.92 Å². The van der Waals surface area contributed by atoms with E-state index in [-0.39, 0.29) is 17.6 Å². The first-order valence-corrected chi connectivity index (χ1v) is 9.20. The minimum Gasteiger partial charge on any atom is -0.383 e. The zero-order chi connectivity index (χ0) is 18.4. The van der Waals surface area contributed by atoms with Gasteiger partial charge in [0, 0.05) is 37.5 Å². The van der Waals surface area contributed by atoms with Crippen LogP contribution in [0.2, 0.25) is 0 Å². The van der Waals surface area contributed by atoms with Gasteiger partial charge in [0.15, 0.2) is 0 Å². The molecule has 0 radical (unpaired) electrons. The predicted molar refractivity (Wildman–Crippen MR) is 97.0 cm³/mol. The molecule has 6 heteroatoms. The smallest absolute Gasteiger partial charge is 0.226 e. The number of halogens is 1. The molecule has 1 aromatic carbocycles. The fourth-order valence-corrected chi connectivity index (χ4v) is 3.52. The molecule has 0 bridgehead atoms. The Morgan fingerprint density at radius 2 is 2.12 bits per heavy atom. The lowest BCUT2D eigenvalue weighted by Gasteiger charge is -2.25. The number of methoxy groups -OCH3 is 1. The molecule has 3 rings (SSSR count). The lowest BCUT2D eigenvalue weighted by Crippen LogP contribution is -2.38. The molecule has 1 saturated carbocycles. The van der Waals surface area contributed by atoms with Crippen molar-refractivity contribution in [3.05, 3.63) is 53.9 Å². The Kier molecular flexibility index (Phi) is 6.39. The largest absolute Gasteiger partial charge is 0.383 e. The molecular formula is C20H26FN3O2. The maximum atomic E-state index is 14.0. The lowest BCUT2D eigenvalue weighted by atomic mass is 10.1. The summed E-state index contributed by atoms with van der Waals surface area (Å²) in [6, 6.07) is 6.73. The number of carbonyl (C=O) groups is 1. The minimum atomic E-state index is -0.231. The Bertz CT molecular complexity index is 725. The van der Waals surface area contributed by atoms with Gasteiger partial charge in [0.2, 0.25) is 5.91 Å². The second kappa shape index (κ2) is 8.94. The number of nitrogens with zero attached hydrogens (tertiary/aromatic N) is 3. The summed E-state index contributed by atoms with van der Waals surface area (Å²) in [6.07, 6.45) is 7.70. The van der Waals surface area contributed by atoms with Gasteiger partial charge in [-0.05, 0) is 18.9 Å². The van der Waals surface area contributed by atoms with E-state index in [1.165, 1.54) is 6.07 Å². The van der Waals surface area contributed by atoms with Crippen LogP contribution in [0.25, 0.3) is 0 Å². The first kappa shape index (κ1) is 18.6. The molecule has 26 heavy (non-hydrogen) atoms. The van der Waals surface area contributed by atoms with E-state index in [1.807, 2.05) is 21.7 Å². The van der Waals surface area contributed by atoms with E-state index in [0.29, 0.717) is 31.8 Å².